The molecule has 8 heteroatoms. The van der Waals surface area contributed by atoms with Gasteiger partial charge in [-0.25, -0.2) is 9.78 Å². The molecule has 0 spiro atoms. The number of fused-ring (bicyclic) bond motifs is 1. The largest absolute Gasteiger partial charge is 0.493 e. The monoisotopic (exact) mass is 553 g/mol. The number of rotatable bonds is 6. The first kappa shape index (κ1) is 24.1. The van der Waals surface area contributed by atoms with E-state index in [0.29, 0.717) is 33.6 Å². The maximum absolute atomic E-state index is 13.3. The Bertz CT molecular complexity index is 1680. The third-order valence-electron chi connectivity index (χ3n) is 5.58. The number of ether oxygens (including phenoxy) is 2. The number of carbonyl (C=O) groups excluding carboxylic acids is 1. The van der Waals surface area contributed by atoms with Gasteiger partial charge in [-0.05, 0) is 60.2 Å². The Morgan fingerprint density at radius 1 is 0.919 bits per heavy atom. The molecule has 0 saturated carbocycles. The fraction of sp³-hybridized carbons (Fsp3) is 0.0345. The number of hydrogen-bond donors (Lipinski definition) is 0. The second-order valence-corrected chi connectivity index (χ2v) is 8.90. The van der Waals surface area contributed by atoms with Gasteiger partial charge in [0.05, 0.1) is 29.8 Å². The average Bonchev–Trinajstić information content (AvgIpc) is 2.94. The molecule has 1 aromatic heterocycles. The van der Waals surface area contributed by atoms with Crippen LogP contribution < -0.4 is 15.0 Å². The number of nitrogens with zero attached hydrogens (tertiary/aromatic N) is 3. The lowest BCUT2D eigenvalue weighted by Crippen LogP contribution is -2.20. The summed E-state index contributed by atoms with van der Waals surface area (Å²) in [6.45, 7) is 0. The lowest BCUT2D eigenvalue weighted by atomic mass is 10.2. The summed E-state index contributed by atoms with van der Waals surface area (Å²) in [5.74, 6) is 0.532. The average molecular weight is 554 g/mol. The number of hydrogen-bond acceptors (Lipinski definition) is 6. The number of aromatic nitrogens is 2. The SMILES string of the molecule is COc1cc(C=Nn2c(-c3ccccc3)nc3ccccc3c2=O)ccc1OC(=O)c1ccc(Br)cc1. The van der Waals surface area contributed by atoms with Gasteiger partial charge in [-0.2, -0.15) is 9.78 Å². The highest BCUT2D eigenvalue weighted by Crippen LogP contribution is 2.29. The molecular weight excluding hydrogens is 534 g/mol. The van der Waals surface area contributed by atoms with Crippen LogP contribution in [0.2, 0.25) is 0 Å². The van der Waals surface area contributed by atoms with E-state index in [9.17, 15) is 9.59 Å². The molecule has 7 nitrogen and oxygen atoms in total. The van der Waals surface area contributed by atoms with Crippen molar-refractivity contribution < 1.29 is 14.3 Å². The van der Waals surface area contributed by atoms with Crippen LogP contribution in [-0.2, 0) is 0 Å². The first-order valence-corrected chi connectivity index (χ1v) is 12.1. The summed E-state index contributed by atoms with van der Waals surface area (Å²) >= 11 is 3.35. The molecule has 0 saturated heterocycles. The highest BCUT2D eigenvalue weighted by Gasteiger charge is 2.14. The summed E-state index contributed by atoms with van der Waals surface area (Å²) in [6.07, 6.45) is 1.53. The van der Waals surface area contributed by atoms with E-state index in [0.717, 1.165) is 10.0 Å². The fourth-order valence-corrected chi connectivity index (χ4v) is 3.99. The van der Waals surface area contributed by atoms with Gasteiger partial charge in [-0.15, -0.1) is 0 Å². The number of methoxy groups -OCH3 is 1. The van der Waals surface area contributed by atoms with Gasteiger partial charge >= 0.3 is 5.97 Å². The van der Waals surface area contributed by atoms with Crippen molar-refractivity contribution in [3.8, 4) is 22.9 Å². The predicted octanol–water partition coefficient (Wildman–Crippen LogP) is 5.94. The summed E-state index contributed by atoms with van der Waals surface area (Å²) < 4.78 is 13.1. The van der Waals surface area contributed by atoms with Crippen molar-refractivity contribution >= 4 is 39.0 Å². The molecule has 0 aliphatic rings. The molecule has 0 radical (unpaired) electrons. The predicted molar refractivity (Wildman–Crippen MR) is 147 cm³/mol. The minimum atomic E-state index is -0.506. The highest BCUT2D eigenvalue weighted by molar-refractivity contribution is 9.10. The number of esters is 1. The summed E-state index contributed by atoms with van der Waals surface area (Å²) in [4.78, 5) is 30.6. The van der Waals surface area contributed by atoms with Crippen molar-refractivity contribution in [2.24, 2.45) is 5.10 Å². The van der Waals surface area contributed by atoms with Gasteiger partial charge in [0.2, 0.25) is 0 Å². The van der Waals surface area contributed by atoms with E-state index < -0.39 is 5.97 Å². The zero-order valence-corrected chi connectivity index (χ0v) is 21.3. The van der Waals surface area contributed by atoms with Gasteiger partial charge in [-0.3, -0.25) is 4.79 Å². The topological polar surface area (TPSA) is 82.8 Å². The zero-order chi connectivity index (χ0) is 25.8. The van der Waals surface area contributed by atoms with Crippen molar-refractivity contribution in [2.45, 2.75) is 0 Å². The Balaban J connectivity index is 1.49. The van der Waals surface area contributed by atoms with Crippen molar-refractivity contribution in [1.29, 1.82) is 0 Å². The highest BCUT2D eigenvalue weighted by atomic mass is 79.9. The van der Waals surface area contributed by atoms with E-state index in [1.54, 1.807) is 60.7 Å². The summed E-state index contributed by atoms with van der Waals surface area (Å²) in [5.41, 5.74) is 2.12. The molecule has 5 aromatic rings. The molecule has 0 amide bonds. The van der Waals surface area contributed by atoms with Crippen LogP contribution in [0.1, 0.15) is 15.9 Å². The normalized spacial score (nSPS) is 11.1. The zero-order valence-electron chi connectivity index (χ0n) is 19.7. The fourth-order valence-electron chi connectivity index (χ4n) is 3.72. The van der Waals surface area contributed by atoms with Crippen LogP contribution >= 0.6 is 15.9 Å². The Morgan fingerprint density at radius 3 is 2.41 bits per heavy atom. The first-order chi connectivity index (χ1) is 18.0. The van der Waals surface area contributed by atoms with Crippen LogP contribution in [0.5, 0.6) is 11.5 Å². The molecule has 0 bridgehead atoms. The molecule has 0 unspecified atom stereocenters. The van der Waals surface area contributed by atoms with Gasteiger partial charge in [0, 0.05) is 10.0 Å². The third-order valence-corrected chi connectivity index (χ3v) is 6.11. The second kappa shape index (κ2) is 10.6. The van der Waals surface area contributed by atoms with Gasteiger partial charge in [0.1, 0.15) is 0 Å². The van der Waals surface area contributed by atoms with Crippen molar-refractivity contribution in [2.75, 3.05) is 7.11 Å². The molecule has 37 heavy (non-hydrogen) atoms. The number of halogens is 1. The molecule has 0 aliphatic heterocycles. The lowest BCUT2D eigenvalue weighted by molar-refractivity contribution is 0.0729. The van der Waals surface area contributed by atoms with Gasteiger partial charge in [0.25, 0.3) is 5.56 Å². The quantitative estimate of drug-likeness (QED) is 0.148. The third kappa shape index (κ3) is 5.19. The van der Waals surface area contributed by atoms with Crippen LogP contribution in [0.15, 0.2) is 111 Å². The molecule has 0 fully saturated rings. The molecule has 1 heterocycles. The molecule has 182 valence electrons. The summed E-state index contributed by atoms with van der Waals surface area (Å²) in [7, 11) is 1.48. The van der Waals surface area contributed by atoms with E-state index in [1.165, 1.54) is 18.0 Å². The number of benzene rings is 4. The van der Waals surface area contributed by atoms with Crippen LogP contribution in [-0.4, -0.2) is 29.0 Å². The van der Waals surface area contributed by atoms with Crippen LogP contribution in [0.25, 0.3) is 22.3 Å². The maximum Gasteiger partial charge on any atom is 0.343 e. The Morgan fingerprint density at radius 2 is 1.65 bits per heavy atom. The van der Waals surface area contributed by atoms with E-state index in [1.807, 2.05) is 36.4 Å². The Labute approximate surface area is 220 Å². The molecule has 0 N–H and O–H groups in total. The molecule has 5 rings (SSSR count). The molecule has 0 aliphatic carbocycles. The Hall–Kier alpha value is -4.56. The minimum absolute atomic E-state index is 0.266. The van der Waals surface area contributed by atoms with Crippen molar-refractivity contribution in [3.05, 3.63) is 123 Å². The van der Waals surface area contributed by atoms with Crippen LogP contribution in [0, 0.1) is 0 Å². The summed E-state index contributed by atoms with van der Waals surface area (Å²) in [6, 6.07) is 28.4. The van der Waals surface area contributed by atoms with Gasteiger partial charge < -0.3 is 9.47 Å². The van der Waals surface area contributed by atoms with Gasteiger partial charge in [0.15, 0.2) is 17.3 Å². The van der Waals surface area contributed by atoms with Crippen LogP contribution in [0.4, 0.5) is 0 Å². The maximum atomic E-state index is 13.3. The molecular formula is C29H20BrN3O4. The van der Waals surface area contributed by atoms with Crippen molar-refractivity contribution in [3.63, 3.8) is 0 Å². The molecule has 0 atom stereocenters. The summed E-state index contributed by atoms with van der Waals surface area (Å²) in [5, 5.41) is 4.94. The van der Waals surface area contributed by atoms with E-state index in [2.05, 4.69) is 21.0 Å². The van der Waals surface area contributed by atoms with Crippen LogP contribution in [0.3, 0.4) is 0 Å². The van der Waals surface area contributed by atoms with E-state index in [-0.39, 0.29) is 11.3 Å². The lowest BCUT2D eigenvalue weighted by Gasteiger charge is -2.11. The number of para-hydroxylation sites is 1. The van der Waals surface area contributed by atoms with E-state index in [4.69, 9.17) is 14.5 Å². The minimum Gasteiger partial charge on any atom is -0.493 e. The Kier molecular flexibility index (Phi) is 6.91. The smallest absolute Gasteiger partial charge is 0.343 e. The first-order valence-electron chi connectivity index (χ1n) is 11.3. The standard InChI is InChI=1S/C29H20BrN3O4/c1-36-26-17-19(11-16-25(26)37-29(35)21-12-14-22(30)15-13-21)18-31-33-27(20-7-3-2-4-8-20)32-24-10-6-5-9-23(24)28(33)34/h2-18H,1H3. The van der Waals surface area contributed by atoms with E-state index >= 15 is 0 Å². The number of carbonyl (C=O) groups is 1. The van der Waals surface area contributed by atoms with Crippen molar-refractivity contribution in [1.82, 2.24) is 9.66 Å². The second-order valence-electron chi connectivity index (χ2n) is 7.99. The molecule has 4 aromatic carbocycles. The van der Waals surface area contributed by atoms with Gasteiger partial charge in [-0.1, -0.05) is 58.4 Å².